The van der Waals surface area contributed by atoms with Crippen molar-refractivity contribution >= 4 is 23.3 Å². The Morgan fingerprint density at radius 3 is 2.38 bits per heavy atom. The van der Waals surface area contributed by atoms with Gasteiger partial charge in [0.25, 0.3) is 0 Å². The highest BCUT2D eigenvalue weighted by Gasteiger charge is 2.31. The van der Waals surface area contributed by atoms with Crippen LogP contribution in [-0.4, -0.2) is 66.5 Å². The number of anilines is 3. The average molecular weight is 338 g/mol. The molecule has 0 saturated carbocycles. The molecule has 0 unspecified atom stereocenters. The fourth-order valence-electron chi connectivity index (χ4n) is 3.10. The van der Waals surface area contributed by atoms with Crippen molar-refractivity contribution in [3.05, 3.63) is 10.1 Å². The Kier molecular flexibility index (Phi) is 4.67. The number of hydrogen-bond donors (Lipinski definition) is 1. The molecule has 3 heterocycles. The summed E-state index contributed by atoms with van der Waals surface area (Å²) in [7, 11) is 0. The van der Waals surface area contributed by atoms with E-state index in [1.807, 2.05) is 23.6 Å². The van der Waals surface area contributed by atoms with Crippen molar-refractivity contribution in [1.29, 1.82) is 0 Å². The van der Waals surface area contributed by atoms with Gasteiger partial charge in [0.2, 0.25) is 17.6 Å². The molecule has 0 amide bonds. The van der Waals surface area contributed by atoms with E-state index in [1.54, 1.807) is 0 Å². The zero-order valence-corrected chi connectivity index (χ0v) is 13.8. The molecule has 2 aliphatic rings. The first-order chi connectivity index (χ1) is 11.5. The molecule has 0 bridgehead atoms. The fraction of sp³-hybridized carbons (Fsp3) is 0.714. The van der Waals surface area contributed by atoms with Crippen LogP contribution in [0.2, 0.25) is 0 Å². The molecule has 0 spiro atoms. The topological polar surface area (TPSA) is 120 Å². The van der Waals surface area contributed by atoms with Gasteiger partial charge in [0.1, 0.15) is 0 Å². The predicted octanol–water partition coefficient (Wildman–Crippen LogP) is 0.417. The number of nitrogens with two attached hydrogens (primary N) is 1. The third-order valence-corrected chi connectivity index (χ3v) is 4.08. The van der Waals surface area contributed by atoms with Gasteiger partial charge in [-0.3, -0.25) is 10.1 Å². The Balaban J connectivity index is 1.99. The van der Waals surface area contributed by atoms with Crippen LogP contribution in [0.15, 0.2) is 0 Å². The number of ether oxygens (including phenoxy) is 2. The van der Waals surface area contributed by atoms with Gasteiger partial charge in [0, 0.05) is 26.2 Å². The highest BCUT2D eigenvalue weighted by Crippen LogP contribution is 2.33. The first-order valence-corrected chi connectivity index (χ1v) is 8.00. The van der Waals surface area contributed by atoms with Crippen molar-refractivity contribution in [1.82, 2.24) is 9.97 Å². The van der Waals surface area contributed by atoms with Crippen LogP contribution < -0.4 is 15.5 Å². The molecule has 2 atom stereocenters. The highest BCUT2D eigenvalue weighted by molar-refractivity contribution is 5.71. The molecule has 2 aliphatic heterocycles. The van der Waals surface area contributed by atoms with Crippen LogP contribution >= 0.6 is 0 Å². The third-order valence-electron chi connectivity index (χ3n) is 4.08. The van der Waals surface area contributed by atoms with E-state index in [0.717, 1.165) is 0 Å². The fourth-order valence-corrected chi connectivity index (χ4v) is 3.10. The Morgan fingerprint density at radius 2 is 1.79 bits per heavy atom. The summed E-state index contributed by atoms with van der Waals surface area (Å²) in [5.41, 5.74) is 5.66. The molecule has 10 nitrogen and oxygen atoms in total. The van der Waals surface area contributed by atoms with E-state index in [1.165, 1.54) is 0 Å². The molecule has 0 radical (unpaired) electrons. The quantitative estimate of drug-likeness (QED) is 0.617. The molecule has 3 rings (SSSR count). The van der Waals surface area contributed by atoms with E-state index in [9.17, 15) is 10.1 Å². The van der Waals surface area contributed by atoms with Gasteiger partial charge in [0.15, 0.2) is 0 Å². The molecule has 2 fully saturated rings. The number of nitrogen functional groups attached to an aromatic ring is 1. The second-order valence-corrected chi connectivity index (χ2v) is 6.10. The lowest BCUT2D eigenvalue weighted by Gasteiger charge is -2.36. The van der Waals surface area contributed by atoms with Gasteiger partial charge in [-0.1, -0.05) is 0 Å². The maximum Gasteiger partial charge on any atom is 0.353 e. The standard InChI is InChI=1S/C14H22N6O4/c1-9-7-19(8-10(2)24-9)14-16-12(15)11(20(21)22)13(17-14)18-3-5-23-6-4-18/h9-10H,3-8H2,1-2H3,(H2,15,16,17)/t9-,10-/m0/s1. The monoisotopic (exact) mass is 338 g/mol. The molecule has 2 saturated heterocycles. The normalized spacial score (nSPS) is 24.9. The van der Waals surface area contributed by atoms with Crippen LogP contribution in [0.1, 0.15) is 13.8 Å². The molecule has 0 aliphatic carbocycles. The summed E-state index contributed by atoms with van der Waals surface area (Å²) in [4.78, 5) is 23.4. The number of aromatic nitrogens is 2. The molecule has 2 N–H and O–H groups in total. The van der Waals surface area contributed by atoms with Crippen LogP contribution in [0, 0.1) is 10.1 Å². The highest BCUT2D eigenvalue weighted by atomic mass is 16.6. The summed E-state index contributed by atoms with van der Waals surface area (Å²) in [6, 6.07) is 0. The van der Waals surface area contributed by atoms with Crippen molar-refractivity contribution in [3.63, 3.8) is 0 Å². The minimum absolute atomic E-state index is 0.0283. The number of nitro groups is 1. The van der Waals surface area contributed by atoms with Gasteiger partial charge in [-0.2, -0.15) is 9.97 Å². The van der Waals surface area contributed by atoms with E-state index >= 15 is 0 Å². The maximum absolute atomic E-state index is 11.4. The molecule has 132 valence electrons. The smallest absolute Gasteiger partial charge is 0.353 e. The summed E-state index contributed by atoms with van der Waals surface area (Å²) in [6.07, 6.45) is 0.0567. The zero-order chi connectivity index (χ0) is 17.3. The van der Waals surface area contributed by atoms with Gasteiger partial charge >= 0.3 is 5.69 Å². The van der Waals surface area contributed by atoms with Gasteiger partial charge in [-0.15, -0.1) is 0 Å². The number of hydrogen-bond acceptors (Lipinski definition) is 9. The van der Waals surface area contributed by atoms with Crippen molar-refractivity contribution in [2.45, 2.75) is 26.1 Å². The molecule has 10 heteroatoms. The van der Waals surface area contributed by atoms with E-state index in [2.05, 4.69) is 9.97 Å². The van der Waals surface area contributed by atoms with E-state index in [-0.39, 0.29) is 29.5 Å². The lowest BCUT2D eigenvalue weighted by atomic mass is 10.2. The molecular weight excluding hydrogens is 316 g/mol. The minimum atomic E-state index is -0.519. The van der Waals surface area contributed by atoms with Crippen molar-refractivity contribution < 1.29 is 14.4 Å². The third kappa shape index (κ3) is 3.34. The van der Waals surface area contributed by atoms with Gasteiger partial charge < -0.3 is 25.0 Å². The second-order valence-electron chi connectivity index (χ2n) is 6.10. The first-order valence-electron chi connectivity index (χ1n) is 8.00. The molecule has 1 aromatic rings. The molecule has 1 aromatic heterocycles. The summed E-state index contributed by atoms with van der Waals surface area (Å²) in [5, 5.41) is 11.4. The maximum atomic E-state index is 11.4. The van der Waals surface area contributed by atoms with Gasteiger partial charge in [-0.25, -0.2) is 0 Å². The minimum Gasteiger partial charge on any atom is -0.378 e. The second kappa shape index (κ2) is 6.73. The average Bonchev–Trinajstić information content (AvgIpc) is 2.53. The Hall–Kier alpha value is -2.20. The van der Waals surface area contributed by atoms with Gasteiger partial charge in [-0.05, 0) is 13.8 Å². The van der Waals surface area contributed by atoms with E-state index < -0.39 is 4.92 Å². The van der Waals surface area contributed by atoms with E-state index in [4.69, 9.17) is 15.2 Å². The SMILES string of the molecule is C[C@H]1CN(c2nc(N)c([N+](=O)[O-])c(N3CCOCC3)n2)C[C@H](C)O1. The summed E-state index contributed by atoms with van der Waals surface area (Å²) >= 11 is 0. The van der Waals surface area contributed by atoms with Crippen molar-refractivity contribution in [2.75, 3.05) is 54.9 Å². The first kappa shape index (κ1) is 16.7. The Morgan fingerprint density at radius 1 is 1.17 bits per heavy atom. The Labute approximate surface area is 139 Å². The van der Waals surface area contributed by atoms with Crippen LogP contribution in [-0.2, 0) is 9.47 Å². The van der Waals surface area contributed by atoms with Crippen LogP contribution in [0.4, 0.5) is 23.3 Å². The summed E-state index contributed by atoms with van der Waals surface area (Å²) in [6.45, 7) is 7.25. The lowest BCUT2D eigenvalue weighted by Crippen LogP contribution is -2.46. The number of morpholine rings is 2. The van der Waals surface area contributed by atoms with Crippen molar-refractivity contribution in [3.8, 4) is 0 Å². The lowest BCUT2D eigenvalue weighted by molar-refractivity contribution is -0.383. The number of rotatable bonds is 3. The number of nitrogens with zero attached hydrogens (tertiary/aromatic N) is 5. The van der Waals surface area contributed by atoms with Crippen LogP contribution in [0.5, 0.6) is 0 Å². The molecule has 0 aromatic carbocycles. The predicted molar refractivity (Wildman–Crippen MR) is 88.4 cm³/mol. The van der Waals surface area contributed by atoms with Gasteiger partial charge in [0.05, 0.1) is 30.3 Å². The van der Waals surface area contributed by atoms with Crippen molar-refractivity contribution in [2.24, 2.45) is 0 Å². The van der Waals surface area contributed by atoms with Crippen LogP contribution in [0.25, 0.3) is 0 Å². The largest absolute Gasteiger partial charge is 0.378 e. The molecular formula is C14H22N6O4. The summed E-state index contributed by atoms with van der Waals surface area (Å²) in [5.74, 6) is 0.553. The summed E-state index contributed by atoms with van der Waals surface area (Å²) < 4.78 is 11.0. The molecule has 24 heavy (non-hydrogen) atoms. The van der Waals surface area contributed by atoms with Crippen LogP contribution in [0.3, 0.4) is 0 Å². The Bertz CT molecular complexity index is 612. The van der Waals surface area contributed by atoms with E-state index in [0.29, 0.717) is 45.3 Å². The zero-order valence-electron chi connectivity index (χ0n) is 13.8.